The van der Waals surface area contributed by atoms with Crippen LogP contribution in [0, 0.1) is 0 Å². The SMILES string of the molecule is OCc1cc2c(N3CCOCC3)nc(-c3cccc(O)c3)cn2n1. The summed E-state index contributed by atoms with van der Waals surface area (Å²) >= 11 is 0. The highest BCUT2D eigenvalue weighted by Crippen LogP contribution is 2.28. The van der Waals surface area contributed by atoms with Crippen molar-refractivity contribution < 1.29 is 14.9 Å². The quantitative estimate of drug-likeness (QED) is 0.758. The van der Waals surface area contributed by atoms with E-state index in [-0.39, 0.29) is 12.4 Å². The summed E-state index contributed by atoms with van der Waals surface area (Å²) in [6.07, 6.45) is 1.81. The van der Waals surface area contributed by atoms with E-state index in [1.54, 1.807) is 22.7 Å². The second kappa shape index (κ2) is 6.10. The van der Waals surface area contributed by atoms with Gasteiger partial charge in [-0.2, -0.15) is 5.10 Å². The number of ether oxygens (including phenoxy) is 1. The van der Waals surface area contributed by atoms with Crippen LogP contribution < -0.4 is 4.90 Å². The van der Waals surface area contributed by atoms with Crippen molar-refractivity contribution in [1.82, 2.24) is 14.6 Å². The van der Waals surface area contributed by atoms with Crippen LogP contribution in [0.1, 0.15) is 5.69 Å². The van der Waals surface area contributed by atoms with E-state index in [2.05, 4.69) is 10.00 Å². The summed E-state index contributed by atoms with van der Waals surface area (Å²) in [5.74, 6) is 1.00. The van der Waals surface area contributed by atoms with Crippen molar-refractivity contribution in [3.63, 3.8) is 0 Å². The van der Waals surface area contributed by atoms with Gasteiger partial charge >= 0.3 is 0 Å². The van der Waals surface area contributed by atoms with Gasteiger partial charge in [0, 0.05) is 18.7 Å². The molecule has 2 N–H and O–H groups in total. The van der Waals surface area contributed by atoms with Crippen molar-refractivity contribution in [3.8, 4) is 17.0 Å². The van der Waals surface area contributed by atoms with E-state index in [0.29, 0.717) is 24.6 Å². The molecular formula is C17H18N4O3. The van der Waals surface area contributed by atoms with E-state index in [9.17, 15) is 10.2 Å². The van der Waals surface area contributed by atoms with Crippen molar-refractivity contribution in [2.75, 3.05) is 31.2 Å². The zero-order valence-electron chi connectivity index (χ0n) is 13.1. The van der Waals surface area contributed by atoms with Crippen LogP contribution in [0.2, 0.25) is 0 Å². The lowest BCUT2D eigenvalue weighted by Crippen LogP contribution is -2.37. The molecule has 0 bridgehead atoms. The lowest BCUT2D eigenvalue weighted by atomic mass is 10.1. The minimum atomic E-state index is -0.119. The zero-order chi connectivity index (χ0) is 16.5. The van der Waals surface area contributed by atoms with Crippen LogP contribution in [0.5, 0.6) is 5.75 Å². The topological polar surface area (TPSA) is 83.1 Å². The van der Waals surface area contributed by atoms with Gasteiger partial charge in [0.25, 0.3) is 0 Å². The molecule has 0 amide bonds. The molecular weight excluding hydrogens is 308 g/mol. The maximum absolute atomic E-state index is 9.74. The van der Waals surface area contributed by atoms with Gasteiger partial charge in [-0.25, -0.2) is 9.50 Å². The molecule has 1 aliphatic heterocycles. The number of morpholine rings is 1. The summed E-state index contributed by atoms with van der Waals surface area (Å²) in [6.45, 7) is 2.71. The third-order valence-corrected chi connectivity index (χ3v) is 4.10. The van der Waals surface area contributed by atoms with Gasteiger partial charge in [-0.1, -0.05) is 12.1 Å². The Balaban J connectivity index is 1.88. The monoisotopic (exact) mass is 326 g/mol. The molecule has 0 radical (unpaired) electrons. The zero-order valence-corrected chi connectivity index (χ0v) is 13.1. The summed E-state index contributed by atoms with van der Waals surface area (Å²) < 4.78 is 7.16. The van der Waals surface area contributed by atoms with Crippen LogP contribution in [-0.4, -0.2) is 51.1 Å². The fourth-order valence-corrected chi connectivity index (χ4v) is 2.92. The number of aromatic nitrogens is 3. The van der Waals surface area contributed by atoms with Crippen LogP contribution in [0.4, 0.5) is 5.82 Å². The molecule has 124 valence electrons. The number of aliphatic hydroxyl groups is 1. The summed E-state index contributed by atoms with van der Waals surface area (Å²) in [7, 11) is 0. The summed E-state index contributed by atoms with van der Waals surface area (Å²) in [6, 6.07) is 8.83. The van der Waals surface area contributed by atoms with E-state index in [4.69, 9.17) is 9.72 Å². The molecule has 3 aromatic rings. The highest BCUT2D eigenvalue weighted by molar-refractivity contribution is 5.74. The molecule has 1 saturated heterocycles. The Morgan fingerprint density at radius 3 is 2.75 bits per heavy atom. The van der Waals surface area contributed by atoms with E-state index in [0.717, 1.165) is 30.0 Å². The van der Waals surface area contributed by atoms with Crippen LogP contribution in [0.15, 0.2) is 36.5 Å². The predicted molar refractivity (Wildman–Crippen MR) is 89.0 cm³/mol. The smallest absolute Gasteiger partial charge is 0.155 e. The molecule has 3 heterocycles. The standard InChI is InChI=1S/C17H18N4O3/c22-11-13-9-16-17(20-4-6-24-7-5-20)18-15(10-21(16)19-13)12-2-1-3-14(23)8-12/h1-3,8-10,22-23H,4-7,11H2. The minimum absolute atomic E-state index is 0.119. The van der Waals surface area contributed by atoms with Crippen molar-refractivity contribution >= 4 is 11.3 Å². The number of fused-ring (bicyclic) bond motifs is 1. The van der Waals surface area contributed by atoms with Gasteiger partial charge in [0.15, 0.2) is 5.82 Å². The number of phenols is 1. The number of benzene rings is 1. The van der Waals surface area contributed by atoms with Crippen molar-refractivity contribution in [2.24, 2.45) is 0 Å². The maximum atomic E-state index is 9.74. The Kier molecular flexibility index (Phi) is 3.79. The highest BCUT2D eigenvalue weighted by Gasteiger charge is 2.19. The molecule has 2 aromatic heterocycles. The maximum Gasteiger partial charge on any atom is 0.155 e. The highest BCUT2D eigenvalue weighted by atomic mass is 16.5. The molecule has 1 aromatic carbocycles. The number of aromatic hydroxyl groups is 1. The second-order valence-electron chi connectivity index (χ2n) is 5.72. The number of rotatable bonds is 3. The molecule has 0 saturated carbocycles. The lowest BCUT2D eigenvalue weighted by Gasteiger charge is -2.28. The minimum Gasteiger partial charge on any atom is -0.508 e. The van der Waals surface area contributed by atoms with Gasteiger partial charge in [-0.3, -0.25) is 0 Å². The Hall–Kier alpha value is -2.64. The van der Waals surface area contributed by atoms with Crippen molar-refractivity contribution in [3.05, 3.63) is 42.2 Å². The van der Waals surface area contributed by atoms with Crippen LogP contribution >= 0.6 is 0 Å². The van der Waals surface area contributed by atoms with E-state index in [1.165, 1.54) is 0 Å². The Morgan fingerprint density at radius 1 is 1.17 bits per heavy atom. The first-order chi connectivity index (χ1) is 11.7. The van der Waals surface area contributed by atoms with Gasteiger partial charge in [-0.15, -0.1) is 0 Å². The number of hydrogen-bond acceptors (Lipinski definition) is 6. The molecule has 24 heavy (non-hydrogen) atoms. The molecule has 1 aliphatic rings. The first-order valence-corrected chi connectivity index (χ1v) is 7.87. The van der Waals surface area contributed by atoms with Gasteiger partial charge in [-0.05, 0) is 18.2 Å². The third-order valence-electron chi connectivity index (χ3n) is 4.10. The fourth-order valence-electron chi connectivity index (χ4n) is 2.92. The lowest BCUT2D eigenvalue weighted by molar-refractivity contribution is 0.122. The first kappa shape index (κ1) is 14.9. The number of aliphatic hydroxyl groups excluding tert-OH is 1. The van der Waals surface area contributed by atoms with E-state index < -0.39 is 0 Å². The largest absolute Gasteiger partial charge is 0.508 e. The fraction of sp³-hybridized carbons (Fsp3) is 0.294. The molecule has 7 heteroatoms. The molecule has 7 nitrogen and oxygen atoms in total. The third kappa shape index (κ3) is 2.68. The van der Waals surface area contributed by atoms with Gasteiger partial charge in [0.2, 0.25) is 0 Å². The van der Waals surface area contributed by atoms with Crippen LogP contribution in [0.3, 0.4) is 0 Å². The molecule has 0 unspecified atom stereocenters. The molecule has 0 aliphatic carbocycles. The molecule has 4 rings (SSSR count). The van der Waals surface area contributed by atoms with Crippen LogP contribution in [-0.2, 0) is 11.3 Å². The number of phenolic OH excluding ortho intramolecular Hbond substituents is 1. The number of anilines is 1. The number of hydrogen-bond donors (Lipinski definition) is 2. The Labute approximate surface area is 138 Å². The number of nitrogens with zero attached hydrogens (tertiary/aromatic N) is 4. The van der Waals surface area contributed by atoms with Gasteiger partial charge in [0.05, 0.1) is 37.4 Å². The van der Waals surface area contributed by atoms with Gasteiger partial charge in [0.1, 0.15) is 11.3 Å². The van der Waals surface area contributed by atoms with Crippen molar-refractivity contribution in [1.29, 1.82) is 0 Å². The Bertz CT molecular complexity index is 871. The summed E-state index contributed by atoms with van der Waals surface area (Å²) in [4.78, 5) is 6.96. The average Bonchev–Trinajstić information content (AvgIpc) is 3.05. The molecule has 0 atom stereocenters. The Morgan fingerprint density at radius 2 is 2.00 bits per heavy atom. The van der Waals surface area contributed by atoms with Crippen LogP contribution in [0.25, 0.3) is 16.8 Å². The molecule has 1 fully saturated rings. The van der Waals surface area contributed by atoms with E-state index >= 15 is 0 Å². The van der Waals surface area contributed by atoms with Crippen molar-refractivity contribution in [2.45, 2.75) is 6.61 Å². The first-order valence-electron chi connectivity index (χ1n) is 7.87. The molecule has 0 spiro atoms. The average molecular weight is 326 g/mol. The predicted octanol–water partition coefficient (Wildman–Crippen LogP) is 1.43. The van der Waals surface area contributed by atoms with Gasteiger partial charge < -0.3 is 19.8 Å². The summed E-state index contributed by atoms with van der Waals surface area (Å²) in [5, 5.41) is 23.5. The second-order valence-corrected chi connectivity index (χ2v) is 5.72. The van der Waals surface area contributed by atoms with E-state index in [1.807, 2.05) is 18.3 Å². The summed E-state index contributed by atoms with van der Waals surface area (Å²) in [5.41, 5.74) is 2.98. The normalized spacial score (nSPS) is 15.1.